The molecule has 0 bridgehead atoms. The van der Waals surface area contributed by atoms with Gasteiger partial charge in [0.2, 0.25) is 9.05 Å². The molecule has 0 N–H and O–H groups in total. The molecule has 1 heterocycles. The fourth-order valence-corrected chi connectivity index (χ4v) is 3.02. The van der Waals surface area contributed by atoms with Gasteiger partial charge in [-0.2, -0.15) is 5.26 Å². The fraction of sp³-hybridized carbons (Fsp3) is 0.857. The van der Waals surface area contributed by atoms with Crippen molar-refractivity contribution >= 4 is 19.7 Å². The molecule has 0 aliphatic carbocycles. The summed E-state index contributed by atoms with van der Waals surface area (Å²) in [5.74, 6) is -0.276. The molecule has 0 spiro atoms. The van der Waals surface area contributed by atoms with Crippen molar-refractivity contribution in [3.63, 3.8) is 0 Å². The zero-order chi connectivity index (χ0) is 9.95. The summed E-state index contributed by atoms with van der Waals surface area (Å²) in [6.45, 7) is 0.861. The average Bonchev–Trinajstić information content (AvgIpc) is 2.03. The second-order valence-electron chi connectivity index (χ2n) is 3.19. The molecule has 1 rings (SSSR count). The van der Waals surface area contributed by atoms with E-state index in [0.717, 1.165) is 0 Å². The summed E-state index contributed by atoms with van der Waals surface area (Å²) in [5.41, 5.74) is -0.834. The molecule has 1 saturated heterocycles. The number of hydrogen-bond donors (Lipinski definition) is 0. The molecular formula is C7H10ClNO3S. The van der Waals surface area contributed by atoms with Gasteiger partial charge in [-0.15, -0.1) is 0 Å². The maximum absolute atomic E-state index is 10.8. The molecule has 0 amide bonds. The summed E-state index contributed by atoms with van der Waals surface area (Å²) in [6.07, 6.45) is 0.880. The summed E-state index contributed by atoms with van der Waals surface area (Å²) in [5, 5.41) is 8.88. The standard InChI is InChI=1S/C7H10ClNO3S/c8-13(10,11)6-7(5-9)1-3-12-4-2-7/h1-4,6H2. The first-order valence-corrected chi connectivity index (χ1v) is 6.37. The lowest BCUT2D eigenvalue weighted by atomic mass is 9.84. The maximum atomic E-state index is 10.8. The maximum Gasteiger partial charge on any atom is 0.234 e. The highest BCUT2D eigenvalue weighted by atomic mass is 35.7. The Balaban J connectivity index is 2.76. The summed E-state index contributed by atoms with van der Waals surface area (Å²) < 4.78 is 26.7. The predicted molar refractivity (Wildman–Crippen MR) is 47.7 cm³/mol. The SMILES string of the molecule is N#CC1(CS(=O)(=O)Cl)CCOCC1. The van der Waals surface area contributed by atoms with E-state index in [1.54, 1.807) is 0 Å². The topological polar surface area (TPSA) is 67.2 Å². The van der Waals surface area contributed by atoms with Crippen molar-refractivity contribution in [3.8, 4) is 6.07 Å². The van der Waals surface area contributed by atoms with Gasteiger partial charge in [0.15, 0.2) is 0 Å². The minimum Gasteiger partial charge on any atom is -0.381 e. The van der Waals surface area contributed by atoms with Crippen molar-refractivity contribution in [1.82, 2.24) is 0 Å². The van der Waals surface area contributed by atoms with Crippen LogP contribution in [0.2, 0.25) is 0 Å². The molecule has 1 fully saturated rings. The van der Waals surface area contributed by atoms with Gasteiger partial charge in [0.1, 0.15) is 0 Å². The number of rotatable bonds is 2. The molecule has 1 aliphatic heterocycles. The van der Waals surface area contributed by atoms with E-state index in [2.05, 4.69) is 0 Å². The normalized spacial score (nSPS) is 22.2. The molecule has 0 unspecified atom stereocenters. The summed E-state index contributed by atoms with van der Waals surface area (Å²) in [6, 6.07) is 2.03. The monoisotopic (exact) mass is 223 g/mol. The third-order valence-electron chi connectivity index (χ3n) is 2.14. The van der Waals surface area contributed by atoms with Crippen LogP contribution in [0.25, 0.3) is 0 Å². The van der Waals surface area contributed by atoms with Crippen LogP contribution in [0.4, 0.5) is 0 Å². The van der Waals surface area contributed by atoms with Crippen LogP contribution in [0.5, 0.6) is 0 Å². The number of hydrogen-bond acceptors (Lipinski definition) is 4. The average molecular weight is 224 g/mol. The van der Waals surface area contributed by atoms with Crippen LogP contribution in [-0.2, 0) is 13.8 Å². The third kappa shape index (κ3) is 3.14. The van der Waals surface area contributed by atoms with E-state index in [0.29, 0.717) is 26.1 Å². The Bertz CT molecular complexity index is 313. The molecule has 74 valence electrons. The van der Waals surface area contributed by atoms with Crippen molar-refractivity contribution in [1.29, 1.82) is 5.26 Å². The van der Waals surface area contributed by atoms with Gasteiger partial charge in [-0.05, 0) is 12.8 Å². The highest BCUT2D eigenvalue weighted by Gasteiger charge is 2.36. The first-order valence-electron chi connectivity index (χ1n) is 3.89. The van der Waals surface area contributed by atoms with Crippen molar-refractivity contribution in [3.05, 3.63) is 0 Å². The Morgan fingerprint density at radius 1 is 1.46 bits per heavy atom. The van der Waals surface area contributed by atoms with Crippen LogP contribution >= 0.6 is 10.7 Å². The molecule has 0 aromatic rings. The zero-order valence-corrected chi connectivity index (χ0v) is 8.57. The van der Waals surface area contributed by atoms with Gasteiger partial charge >= 0.3 is 0 Å². The number of nitrogens with zero attached hydrogens (tertiary/aromatic N) is 1. The number of nitriles is 1. The Morgan fingerprint density at radius 3 is 2.38 bits per heavy atom. The number of halogens is 1. The lowest BCUT2D eigenvalue weighted by Gasteiger charge is -2.28. The molecule has 0 aromatic carbocycles. The third-order valence-corrected chi connectivity index (χ3v) is 3.36. The van der Waals surface area contributed by atoms with E-state index >= 15 is 0 Å². The number of ether oxygens (including phenoxy) is 1. The Morgan fingerprint density at radius 2 is 2.00 bits per heavy atom. The fourth-order valence-electron chi connectivity index (χ4n) is 1.38. The molecule has 6 heteroatoms. The second-order valence-corrected chi connectivity index (χ2v) is 5.96. The molecule has 0 saturated carbocycles. The van der Waals surface area contributed by atoms with Crippen molar-refractivity contribution < 1.29 is 13.2 Å². The quantitative estimate of drug-likeness (QED) is 0.652. The van der Waals surface area contributed by atoms with Crippen LogP contribution in [-0.4, -0.2) is 27.4 Å². The highest BCUT2D eigenvalue weighted by Crippen LogP contribution is 2.32. The largest absolute Gasteiger partial charge is 0.381 e. The van der Waals surface area contributed by atoms with Gasteiger partial charge in [0.25, 0.3) is 0 Å². The second kappa shape index (κ2) is 3.82. The minimum atomic E-state index is -3.60. The predicted octanol–water partition coefficient (Wildman–Crippen LogP) is 0.875. The van der Waals surface area contributed by atoms with E-state index in [1.165, 1.54) is 0 Å². The highest BCUT2D eigenvalue weighted by molar-refractivity contribution is 8.13. The molecule has 0 aromatic heterocycles. The molecule has 13 heavy (non-hydrogen) atoms. The zero-order valence-electron chi connectivity index (χ0n) is 6.99. The van der Waals surface area contributed by atoms with Crippen LogP contribution in [0.3, 0.4) is 0 Å². The Kier molecular flexibility index (Phi) is 3.17. The van der Waals surface area contributed by atoms with Gasteiger partial charge in [-0.3, -0.25) is 0 Å². The summed E-state index contributed by atoms with van der Waals surface area (Å²) >= 11 is 0. The van der Waals surface area contributed by atoms with E-state index in [9.17, 15) is 8.42 Å². The van der Waals surface area contributed by atoms with Gasteiger partial charge in [-0.1, -0.05) is 0 Å². The van der Waals surface area contributed by atoms with E-state index in [1.807, 2.05) is 6.07 Å². The molecule has 4 nitrogen and oxygen atoms in total. The minimum absolute atomic E-state index is 0.276. The van der Waals surface area contributed by atoms with Gasteiger partial charge in [-0.25, -0.2) is 8.42 Å². The summed E-state index contributed by atoms with van der Waals surface area (Å²) in [4.78, 5) is 0. The summed E-state index contributed by atoms with van der Waals surface area (Å²) in [7, 11) is 1.51. The van der Waals surface area contributed by atoms with E-state index in [-0.39, 0.29) is 5.75 Å². The van der Waals surface area contributed by atoms with Crippen LogP contribution in [0, 0.1) is 16.7 Å². The van der Waals surface area contributed by atoms with E-state index < -0.39 is 14.5 Å². The van der Waals surface area contributed by atoms with Gasteiger partial charge < -0.3 is 4.74 Å². The van der Waals surface area contributed by atoms with Gasteiger partial charge in [0.05, 0.1) is 17.2 Å². The molecule has 0 radical (unpaired) electrons. The smallest absolute Gasteiger partial charge is 0.234 e. The van der Waals surface area contributed by atoms with Crippen molar-refractivity contribution in [2.45, 2.75) is 12.8 Å². The van der Waals surface area contributed by atoms with Crippen LogP contribution in [0.1, 0.15) is 12.8 Å². The lowest BCUT2D eigenvalue weighted by molar-refractivity contribution is 0.0492. The Labute approximate surface area is 81.9 Å². The van der Waals surface area contributed by atoms with Crippen LogP contribution in [0.15, 0.2) is 0 Å². The van der Waals surface area contributed by atoms with Gasteiger partial charge in [0, 0.05) is 23.9 Å². The lowest BCUT2D eigenvalue weighted by Crippen LogP contribution is -2.33. The molecule has 0 atom stereocenters. The Hall–Kier alpha value is -0.310. The van der Waals surface area contributed by atoms with Crippen LogP contribution < -0.4 is 0 Å². The van der Waals surface area contributed by atoms with Crippen molar-refractivity contribution in [2.24, 2.45) is 5.41 Å². The molecule has 1 aliphatic rings. The first-order chi connectivity index (χ1) is 5.97. The first kappa shape index (κ1) is 10.8. The van der Waals surface area contributed by atoms with Crippen molar-refractivity contribution in [2.75, 3.05) is 19.0 Å². The van der Waals surface area contributed by atoms with E-state index in [4.69, 9.17) is 20.7 Å². The molecular weight excluding hydrogens is 214 g/mol.